The monoisotopic (exact) mass is 890 g/mol. The Hall–Kier alpha value is -2.63. The van der Waals surface area contributed by atoms with Crippen LogP contribution in [0.2, 0.25) is 0 Å². The van der Waals surface area contributed by atoms with E-state index in [1.807, 2.05) is 0 Å². The molecular formula is C39H55IO15. The van der Waals surface area contributed by atoms with Gasteiger partial charge in [0.25, 0.3) is 0 Å². The molecule has 308 valence electrons. The molecule has 6 unspecified atom stereocenters. The van der Waals surface area contributed by atoms with Gasteiger partial charge in [-0.25, -0.2) is 9.59 Å². The summed E-state index contributed by atoms with van der Waals surface area (Å²) in [5.74, 6) is -4.97. The summed E-state index contributed by atoms with van der Waals surface area (Å²) in [5.41, 5.74) is -2.43. The minimum Gasteiger partial charge on any atom is -0.466 e. The first kappa shape index (κ1) is 45.1. The molecule has 11 atom stereocenters. The smallest absolute Gasteiger partial charge is 0.385 e. The SMILES string of the molecule is COC(=O)/C=C1\CC2CC([C@@H](C)O)OC(=O)CCCC3CC(OC(C)=O)C(C)(C)[C@](O)(C[C@@H]4CC(O)C[C@H](/C=C/C(C)(C)C(O)(O2)[C@H]1OC(=O)C#CI)O4)O3. The van der Waals surface area contributed by atoms with Crippen LogP contribution in [0.4, 0.5) is 0 Å². The van der Waals surface area contributed by atoms with E-state index in [9.17, 15) is 39.6 Å². The molecule has 4 heterocycles. The molecule has 6 bridgehead atoms. The van der Waals surface area contributed by atoms with Crippen molar-refractivity contribution < 1.29 is 72.8 Å². The van der Waals surface area contributed by atoms with Gasteiger partial charge in [-0.3, -0.25) is 9.59 Å². The Morgan fingerprint density at radius 2 is 1.75 bits per heavy atom. The second-order valence-electron chi connectivity index (χ2n) is 16.1. The molecule has 4 rings (SSSR count). The normalized spacial score (nSPS) is 38.5. The van der Waals surface area contributed by atoms with Gasteiger partial charge in [0.1, 0.15) is 12.2 Å². The summed E-state index contributed by atoms with van der Waals surface area (Å²) in [4.78, 5) is 50.8. The van der Waals surface area contributed by atoms with Crippen molar-refractivity contribution in [2.45, 2.75) is 166 Å². The van der Waals surface area contributed by atoms with E-state index in [2.05, 4.69) is 9.85 Å². The first-order chi connectivity index (χ1) is 25.6. The maximum atomic E-state index is 13.2. The molecule has 0 aliphatic carbocycles. The molecule has 0 saturated carbocycles. The van der Waals surface area contributed by atoms with Gasteiger partial charge in [0.15, 0.2) is 11.9 Å². The van der Waals surface area contributed by atoms with Crippen molar-refractivity contribution in [3.63, 3.8) is 0 Å². The molecule has 3 fully saturated rings. The Kier molecular flexibility index (Phi) is 15.0. The summed E-state index contributed by atoms with van der Waals surface area (Å²) in [6.07, 6.45) is -3.45. The van der Waals surface area contributed by atoms with Crippen molar-refractivity contribution in [1.82, 2.24) is 0 Å². The number of rotatable bonds is 4. The second-order valence-corrected chi connectivity index (χ2v) is 16.6. The van der Waals surface area contributed by atoms with Crippen LogP contribution in [0.1, 0.15) is 99.3 Å². The maximum absolute atomic E-state index is 13.2. The quantitative estimate of drug-likeness (QED) is 0.0798. The Balaban J connectivity index is 1.81. The number of methoxy groups -OCH3 is 1. The van der Waals surface area contributed by atoms with Crippen LogP contribution < -0.4 is 0 Å². The topological polar surface area (TPSA) is 214 Å². The van der Waals surface area contributed by atoms with Crippen molar-refractivity contribution in [3.8, 4) is 9.85 Å². The number of halogens is 1. The lowest BCUT2D eigenvalue weighted by Gasteiger charge is -2.53. The van der Waals surface area contributed by atoms with Crippen LogP contribution in [-0.4, -0.2) is 118 Å². The fourth-order valence-electron chi connectivity index (χ4n) is 7.78. The summed E-state index contributed by atoms with van der Waals surface area (Å²) >= 11 is 1.66. The summed E-state index contributed by atoms with van der Waals surface area (Å²) in [7, 11) is 1.17. The standard InChI is InChI=1S/C39H55IO15/c1-22(41)30-19-28-15-24(16-34(46)49-7)35(53-33(45)12-14-40)39(48,55-28)36(3,4)13-11-26-17-25(43)18-29(51-26)21-38(47)37(5,6)31(50-23(2)42)20-27(54-38)9-8-10-32(44)52-30/h11,13,16,22,25-31,35,41,43,47-48H,8-10,15,17-21H2,1-7H3/b13-11+,24-16+/t22-,25?,26+,27?,28?,29+,30?,31?,35+,38+,39?/m1/s1. The number of hydrogen-bond acceptors (Lipinski definition) is 15. The minimum atomic E-state index is -2.40. The average Bonchev–Trinajstić information content (AvgIpc) is 3.06. The van der Waals surface area contributed by atoms with Gasteiger partial charge in [-0.1, -0.05) is 39.8 Å². The molecule has 16 heteroatoms. The van der Waals surface area contributed by atoms with Crippen molar-refractivity contribution >= 4 is 46.5 Å². The van der Waals surface area contributed by atoms with Crippen molar-refractivity contribution in [1.29, 1.82) is 0 Å². The summed E-state index contributed by atoms with van der Waals surface area (Å²) < 4.78 is 43.6. The highest BCUT2D eigenvalue weighted by molar-refractivity contribution is 14.1. The highest BCUT2D eigenvalue weighted by Gasteiger charge is 2.59. The largest absolute Gasteiger partial charge is 0.466 e. The minimum absolute atomic E-state index is 0.0839. The number of ether oxygens (including phenoxy) is 7. The van der Waals surface area contributed by atoms with Crippen LogP contribution in [0.25, 0.3) is 0 Å². The van der Waals surface area contributed by atoms with E-state index in [-0.39, 0.29) is 56.9 Å². The van der Waals surface area contributed by atoms with Crippen molar-refractivity contribution in [2.24, 2.45) is 10.8 Å². The average molecular weight is 891 g/mol. The van der Waals surface area contributed by atoms with Gasteiger partial charge >= 0.3 is 23.9 Å². The Morgan fingerprint density at radius 3 is 2.38 bits per heavy atom. The van der Waals surface area contributed by atoms with E-state index < -0.39 is 101 Å². The molecule has 4 N–H and O–H groups in total. The van der Waals surface area contributed by atoms with Crippen LogP contribution in [0, 0.1) is 20.7 Å². The van der Waals surface area contributed by atoms with E-state index in [4.69, 9.17) is 33.2 Å². The lowest BCUT2D eigenvalue weighted by molar-refractivity contribution is -0.348. The lowest BCUT2D eigenvalue weighted by atomic mass is 9.70. The van der Waals surface area contributed by atoms with Crippen molar-refractivity contribution in [3.05, 3.63) is 23.8 Å². The summed E-state index contributed by atoms with van der Waals surface area (Å²) in [5, 5.41) is 46.6. The third-order valence-electron chi connectivity index (χ3n) is 11.1. The molecule has 0 spiro atoms. The predicted octanol–water partition coefficient (Wildman–Crippen LogP) is 3.05. The zero-order valence-corrected chi connectivity index (χ0v) is 34.6. The lowest BCUT2D eigenvalue weighted by Crippen LogP contribution is -2.62. The molecule has 3 saturated heterocycles. The van der Waals surface area contributed by atoms with Gasteiger partial charge in [0.05, 0.1) is 49.1 Å². The van der Waals surface area contributed by atoms with Gasteiger partial charge in [-0.15, -0.1) is 0 Å². The van der Waals surface area contributed by atoms with Crippen LogP contribution in [0.5, 0.6) is 0 Å². The summed E-state index contributed by atoms with van der Waals surface area (Å²) in [6.45, 7) is 9.42. The van der Waals surface area contributed by atoms with Gasteiger partial charge in [-0.05, 0) is 42.1 Å². The third-order valence-corrected chi connectivity index (χ3v) is 11.4. The number of aliphatic hydroxyl groups excluding tert-OH is 2. The van der Waals surface area contributed by atoms with E-state index in [0.717, 1.165) is 6.08 Å². The number of esters is 4. The van der Waals surface area contributed by atoms with E-state index in [0.29, 0.717) is 6.42 Å². The fourth-order valence-corrected chi connectivity index (χ4v) is 8.00. The zero-order chi connectivity index (χ0) is 40.9. The van der Waals surface area contributed by atoms with Gasteiger partial charge in [0, 0.05) is 79.0 Å². The number of cyclic esters (lactones) is 1. The first-order valence-electron chi connectivity index (χ1n) is 18.6. The van der Waals surface area contributed by atoms with E-state index >= 15 is 0 Å². The number of fused-ring (bicyclic) bond motifs is 6. The highest BCUT2D eigenvalue weighted by atomic mass is 127. The Labute approximate surface area is 335 Å². The first-order valence-corrected chi connectivity index (χ1v) is 19.7. The fraction of sp³-hybridized carbons (Fsp3) is 0.744. The molecular weight excluding hydrogens is 835 g/mol. The number of hydrogen-bond donors (Lipinski definition) is 4. The highest BCUT2D eigenvalue weighted by Crippen LogP contribution is 2.50. The van der Waals surface area contributed by atoms with Crippen LogP contribution in [0.15, 0.2) is 23.8 Å². The van der Waals surface area contributed by atoms with E-state index in [1.54, 1.807) is 62.4 Å². The van der Waals surface area contributed by atoms with Gasteiger partial charge < -0.3 is 53.6 Å². The van der Waals surface area contributed by atoms with Crippen LogP contribution in [-0.2, 0) is 52.3 Å². The Morgan fingerprint density at radius 1 is 1.04 bits per heavy atom. The second kappa shape index (κ2) is 18.3. The van der Waals surface area contributed by atoms with Crippen LogP contribution >= 0.6 is 22.6 Å². The molecule has 0 radical (unpaired) electrons. The number of carbonyl (C=O) groups excluding carboxylic acids is 4. The van der Waals surface area contributed by atoms with Gasteiger partial charge in [-0.2, -0.15) is 0 Å². The molecule has 55 heavy (non-hydrogen) atoms. The molecule has 4 aliphatic heterocycles. The number of aliphatic hydroxyl groups is 4. The van der Waals surface area contributed by atoms with Crippen molar-refractivity contribution in [2.75, 3.05) is 7.11 Å². The summed E-state index contributed by atoms with van der Waals surface area (Å²) in [6, 6.07) is 0. The number of carbonyl (C=O) groups is 4. The zero-order valence-electron chi connectivity index (χ0n) is 32.4. The maximum Gasteiger partial charge on any atom is 0.385 e. The molecule has 0 aromatic rings. The molecule has 0 amide bonds. The predicted molar refractivity (Wildman–Crippen MR) is 201 cm³/mol. The third kappa shape index (κ3) is 10.9. The molecule has 15 nitrogen and oxygen atoms in total. The molecule has 4 aliphatic rings. The molecule has 0 aromatic heterocycles. The Bertz CT molecular complexity index is 1540. The van der Waals surface area contributed by atoms with Gasteiger partial charge in [0.2, 0.25) is 5.79 Å². The van der Waals surface area contributed by atoms with Crippen LogP contribution in [0.3, 0.4) is 0 Å². The van der Waals surface area contributed by atoms with E-state index in [1.165, 1.54) is 21.0 Å². The molecule has 0 aromatic carbocycles.